The molecular formula is C16H22ClN3. The van der Waals surface area contributed by atoms with Crippen molar-refractivity contribution in [2.75, 3.05) is 5.88 Å². The van der Waals surface area contributed by atoms with Gasteiger partial charge in [0, 0.05) is 25.0 Å². The molecular weight excluding hydrogens is 270 g/mol. The Kier molecular flexibility index (Phi) is 3.97. The second-order valence-corrected chi connectivity index (χ2v) is 6.60. The van der Waals surface area contributed by atoms with E-state index >= 15 is 0 Å². The lowest BCUT2D eigenvalue weighted by atomic mass is 10.1. The van der Waals surface area contributed by atoms with Gasteiger partial charge in [0.2, 0.25) is 0 Å². The first-order valence-electron chi connectivity index (χ1n) is 7.55. The average Bonchev–Trinajstić information content (AvgIpc) is 2.95. The molecule has 3 nitrogen and oxygen atoms in total. The standard InChI is InChI=1S/C16H22ClN3/c1-11-3-4-13(7-11)10-20-15(5-6-17)19-14-8-12(2)9-18-16(14)20/h8-9,11,13H,3-7,10H2,1-2H3. The minimum atomic E-state index is 0.614. The average molecular weight is 292 g/mol. The predicted octanol–water partition coefficient (Wildman–Crippen LogP) is 3.96. The van der Waals surface area contributed by atoms with E-state index in [9.17, 15) is 0 Å². The number of imidazole rings is 1. The van der Waals surface area contributed by atoms with Gasteiger partial charge in [0.05, 0.1) is 0 Å². The van der Waals surface area contributed by atoms with E-state index in [-0.39, 0.29) is 0 Å². The minimum absolute atomic E-state index is 0.614. The number of hydrogen-bond acceptors (Lipinski definition) is 2. The number of fused-ring (bicyclic) bond motifs is 1. The summed E-state index contributed by atoms with van der Waals surface area (Å²) >= 11 is 5.93. The highest BCUT2D eigenvalue weighted by molar-refractivity contribution is 6.17. The van der Waals surface area contributed by atoms with E-state index in [1.165, 1.54) is 19.3 Å². The molecule has 1 saturated carbocycles. The third kappa shape index (κ3) is 2.69. The maximum absolute atomic E-state index is 5.93. The fourth-order valence-electron chi connectivity index (χ4n) is 3.37. The Balaban J connectivity index is 1.95. The molecule has 20 heavy (non-hydrogen) atoms. The molecule has 2 heterocycles. The van der Waals surface area contributed by atoms with Gasteiger partial charge in [-0.3, -0.25) is 0 Å². The van der Waals surface area contributed by atoms with Crippen LogP contribution < -0.4 is 0 Å². The molecule has 1 aliphatic carbocycles. The SMILES string of the molecule is Cc1cnc2c(c1)nc(CCCl)n2CC1CCC(C)C1. The molecule has 0 N–H and O–H groups in total. The number of rotatable bonds is 4. The largest absolute Gasteiger partial charge is 0.312 e. The van der Waals surface area contributed by atoms with Crippen LogP contribution in [0.4, 0.5) is 0 Å². The third-order valence-corrected chi connectivity index (χ3v) is 4.55. The molecule has 0 aromatic carbocycles. The summed E-state index contributed by atoms with van der Waals surface area (Å²) in [4.78, 5) is 9.34. The molecule has 4 heteroatoms. The number of hydrogen-bond donors (Lipinski definition) is 0. The number of aromatic nitrogens is 3. The molecule has 2 aromatic heterocycles. The second kappa shape index (κ2) is 5.72. The summed E-state index contributed by atoms with van der Waals surface area (Å²) in [5, 5.41) is 0. The van der Waals surface area contributed by atoms with E-state index in [0.717, 1.165) is 47.4 Å². The first-order chi connectivity index (χ1) is 9.67. The van der Waals surface area contributed by atoms with Crippen molar-refractivity contribution in [3.05, 3.63) is 23.7 Å². The summed E-state index contributed by atoms with van der Waals surface area (Å²) < 4.78 is 2.31. The van der Waals surface area contributed by atoms with Crippen molar-refractivity contribution in [1.29, 1.82) is 0 Å². The molecule has 1 fully saturated rings. The van der Waals surface area contributed by atoms with Crippen LogP contribution >= 0.6 is 11.6 Å². The summed E-state index contributed by atoms with van der Waals surface area (Å²) in [5.41, 5.74) is 3.19. The number of aryl methyl sites for hydroxylation is 2. The quantitative estimate of drug-likeness (QED) is 0.798. The molecule has 2 aromatic rings. The van der Waals surface area contributed by atoms with Gasteiger partial charge in [-0.05, 0) is 43.2 Å². The van der Waals surface area contributed by atoms with E-state index in [4.69, 9.17) is 16.6 Å². The van der Waals surface area contributed by atoms with Crippen LogP contribution in [0.5, 0.6) is 0 Å². The Morgan fingerprint density at radius 3 is 2.95 bits per heavy atom. The lowest BCUT2D eigenvalue weighted by molar-refractivity contribution is 0.438. The second-order valence-electron chi connectivity index (χ2n) is 6.22. The first kappa shape index (κ1) is 13.9. The van der Waals surface area contributed by atoms with Crippen LogP contribution in [-0.2, 0) is 13.0 Å². The molecule has 0 bridgehead atoms. The molecule has 3 rings (SSSR count). The van der Waals surface area contributed by atoms with Crippen molar-refractivity contribution in [2.24, 2.45) is 11.8 Å². The normalized spacial score (nSPS) is 22.8. The molecule has 0 aliphatic heterocycles. The molecule has 0 spiro atoms. The molecule has 1 aliphatic rings. The van der Waals surface area contributed by atoms with Gasteiger partial charge in [-0.2, -0.15) is 0 Å². The Morgan fingerprint density at radius 2 is 2.25 bits per heavy atom. The zero-order valence-electron chi connectivity index (χ0n) is 12.3. The molecule has 0 amide bonds. The maximum atomic E-state index is 5.93. The van der Waals surface area contributed by atoms with Crippen molar-refractivity contribution in [3.63, 3.8) is 0 Å². The molecule has 0 saturated heterocycles. The Bertz CT molecular complexity index is 605. The van der Waals surface area contributed by atoms with Gasteiger partial charge < -0.3 is 4.57 Å². The Labute approximate surface area is 125 Å². The topological polar surface area (TPSA) is 30.7 Å². The van der Waals surface area contributed by atoms with Gasteiger partial charge >= 0.3 is 0 Å². The number of pyridine rings is 1. The minimum Gasteiger partial charge on any atom is -0.312 e. The van der Waals surface area contributed by atoms with Crippen LogP contribution in [0.15, 0.2) is 12.3 Å². The summed E-state index contributed by atoms with van der Waals surface area (Å²) in [6.45, 7) is 5.46. The van der Waals surface area contributed by atoms with Crippen molar-refractivity contribution in [3.8, 4) is 0 Å². The maximum Gasteiger partial charge on any atom is 0.160 e. The summed E-state index contributed by atoms with van der Waals surface area (Å²) in [5.74, 6) is 3.33. The van der Waals surface area contributed by atoms with Crippen LogP contribution in [-0.4, -0.2) is 20.4 Å². The van der Waals surface area contributed by atoms with Gasteiger partial charge in [0.15, 0.2) is 5.65 Å². The van der Waals surface area contributed by atoms with Crippen LogP contribution in [0, 0.1) is 18.8 Å². The monoisotopic (exact) mass is 291 g/mol. The number of nitrogens with zero attached hydrogens (tertiary/aromatic N) is 3. The lowest BCUT2D eigenvalue weighted by Crippen LogP contribution is -2.12. The molecule has 2 unspecified atom stereocenters. The number of halogens is 1. The lowest BCUT2D eigenvalue weighted by Gasteiger charge is -2.13. The van der Waals surface area contributed by atoms with Crippen LogP contribution in [0.25, 0.3) is 11.2 Å². The van der Waals surface area contributed by atoms with Crippen LogP contribution in [0.2, 0.25) is 0 Å². The Hall–Kier alpha value is -1.09. The molecule has 108 valence electrons. The van der Waals surface area contributed by atoms with E-state index in [1.54, 1.807) is 0 Å². The highest BCUT2D eigenvalue weighted by Gasteiger charge is 2.23. The predicted molar refractivity (Wildman–Crippen MR) is 83.2 cm³/mol. The molecule has 2 atom stereocenters. The van der Waals surface area contributed by atoms with Gasteiger partial charge in [-0.15, -0.1) is 11.6 Å². The van der Waals surface area contributed by atoms with Crippen molar-refractivity contribution in [2.45, 2.75) is 46.1 Å². The van der Waals surface area contributed by atoms with Gasteiger partial charge in [-0.1, -0.05) is 13.3 Å². The fraction of sp³-hybridized carbons (Fsp3) is 0.625. The highest BCUT2D eigenvalue weighted by atomic mass is 35.5. The zero-order valence-corrected chi connectivity index (χ0v) is 13.0. The van der Waals surface area contributed by atoms with Crippen molar-refractivity contribution in [1.82, 2.24) is 14.5 Å². The smallest absolute Gasteiger partial charge is 0.160 e. The van der Waals surface area contributed by atoms with E-state index in [2.05, 4.69) is 29.5 Å². The zero-order chi connectivity index (χ0) is 14.1. The molecule has 0 radical (unpaired) electrons. The van der Waals surface area contributed by atoms with Gasteiger partial charge in [-0.25, -0.2) is 9.97 Å². The third-order valence-electron chi connectivity index (χ3n) is 4.36. The van der Waals surface area contributed by atoms with E-state index in [0.29, 0.717) is 5.88 Å². The first-order valence-corrected chi connectivity index (χ1v) is 8.08. The van der Waals surface area contributed by atoms with Gasteiger partial charge in [0.25, 0.3) is 0 Å². The van der Waals surface area contributed by atoms with E-state index in [1.807, 2.05) is 6.20 Å². The van der Waals surface area contributed by atoms with Crippen molar-refractivity contribution >= 4 is 22.8 Å². The fourth-order valence-corrected chi connectivity index (χ4v) is 3.54. The van der Waals surface area contributed by atoms with Crippen molar-refractivity contribution < 1.29 is 0 Å². The highest BCUT2D eigenvalue weighted by Crippen LogP contribution is 2.32. The van der Waals surface area contributed by atoms with Gasteiger partial charge in [0.1, 0.15) is 11.3 Å². The van der Waals surface area contributed by atoms with Crippen LogP contribution in [0.1, 0.15) is 37.6 Å². The number of alkyl halides is 1. The summed E-state index contributed by atoms with van der Waals surface area (Å²) in [7, 11) is 0. The summed E-state index contributed by atoms with van der Waals surface area (Å²) in [6.07, 6.45) is 6.76. The van der Waals surface area contributed by atoms with E-state index < -0.39 is 0 Å². The van der Waals surface area contributed by atoms with Crippen LogP contribution in [0.3, 0.4) is 0 Å². The summed E-state index contributed by atoms with van der Waals surface area (Å²) in [6, 6.07) is 2.12. The Morgan fingerprint density at radius 1 is 1.40 bits per heavy atom.